The first kappa shape index (κ1) is 22.6. The van der Waals surface area contributed by atoms with Gasteiger partial charge in [-0.1, -0.05) is 30.3 Å². The fourth-order valence-corrected chi connectivity index (χ4v) is 5.27. The molecule has 0 aromatic heterocycles. The van der Waals surface area contributed by atoms with Gasteiger partial charge in [-0.25, -0.2) is 9.59 Å². The van der Waals surface area contributed by atoms with Gasteiger partial charge in [0.25, 0.3) is 0 Å². The fourth-order valence-electron chi connectivity index (χ4n) is 3.59. The van der Waals surface area contributed by atoms with Crippen LogP contribution in [0.1, 0.15) is 25.5 Å². The van der Waals surface area contributed by atoms with Crippen molar-refractivity contribution in [2.24, 2.45) is 5.73 Å². The molecule has 11 nitrogen and oxygen atoms in total. The van der Waals surface area contributed by atoms with Crippen molar-refractivity contribution in [1.29, 1.82) is 0 Å². The quantitative estimate of drug-likeness (QED) is 0.420. The Morgan fingerprint density at radius 1 is 1.29 bits per heavy atom. The van der Waals surface area contributed by atoms with Crippen LogP contribution in [0.5, 0.6) is 0 Å². The minimum Gasteiger partial charge on any atom is -0.480 e. The zero-order chi connectivity index (χ0) is 22.9. The minimum atomic E-state index is -1.28. The van der Waals surface area contributed by atoms with Crippen molar-refractivity contribution < 1.29 is 33.8 Å². The number of ether oxygens (including phenoxy) is 1. The highest BCUT2D eigenvalue weighted by Crippen LogP contribution is 2.51. The number of aliphatic carboxylic acids is 1. The van der Waals surface area contributed by atoms with Crippen molar-refractivity contribution in [3.05, 3.63) is 35.9 Å². The lowest BCUT2D eigenvalue weighted by atomic mass is 9.95. The summed E-state index contributed by atoms with van der Waals surface area (Å²) in [7, 11) is 0. The molecule has 0 aliphatic carbocycles. The molecule has 5 N–H and O–H groups in total. The summed E-state index contributed by atoms with van der Waals surface area (Å²) in [4.78, 5) is 60.8. The number of nitrogens with zero attached hydrogens (tertiary/aromatic N) is 1. The van der Waals surface area contributed by atoms with Gasteiger partial charge >= 0.3 is 12.1 Å². The maximum absolute atomic E-state index is 12.7. The van der Waals surface area contributed by atoms with Gasteiger partial charge in [0, 0.05) is 6.92 Å². The average Bonchev–Trinajstić information content (AvgIpc) is 3.00. The molecule has 0 spiro atoms. The number of nitrogens with two attached hydrogens (primary N) is 1. The number of carbonyl (C=O) groups excluding carboxylic acids is 4. The lowest BCUT2D eigenvalue weighted by Crippen LogP contribution is -2.71. The van der Waals surface area contributed by atoms with E-state index in [1.54, 1.807) is 30.3 Å². The number of hydrogen-bond acceptors (Lipinski definition) is 8. The Morgan fingerprint density at radius 2 is 1.94 bits per heavy atom. The molecule has 2 aliphatic heterocycles. The first-order valence-corrected chi connectivity index (χ1v) is 10.2. The van der Waals surface area contributed by atoms with E-state index in [0.717, 1.165) is 23.6 Å². The Kier molecular flexibility index (Phi) is 6.23. The molecule has 2 aliphatic rings. The lowest BCUT2D eigenvalue weighted by Gasteiger charge is -2.43. The second-order valence-corrected chi connectivity index (χ2v) is 9.09. The van der Waals surface area contributed by atoms with Crippen LogP contribution in [0.2, 0.25) is 0 Å². The number of fused-ring (bicyclic) bond motifs is 1. The smallest absolute Gasteiger partial charge is 0.413 e. The number of rotatable bonds is 6. The van der Waals surface area contributed by atoms with E-state index in [2.05, 4.69) is 5.32 Å². The molecule has 1 aromatic carbocycles. The molecule has 5 atom stereocenters. The number of benzene rings is 1. The highest BCUT2D eigenvalue weighted by molar-refractivity contribution is 8.01. The number of carbonyl (C=O) groups is 5. The van der Waals surface area contributed by atoms with Crippen molar-refractivity contribution in [3.8, 4) is 0 Å². The van der Waals surface area contributed by atoms with Crippen LogP contribution >= 0.6 is 11.8 Å². The monoisotopic (exact) mass is 450 g/mol. The van der Waals surface area contributed by atoms with Gasteiger partial charge in [-0.3, -0.25) is 19.7 Å². The first-order chi connectivity index (χ1) is 14.5. The van der Waals surface area contributed by atoms with Gasteiger partial charge < -0.3 is 25.8 Å². The molecule has 4 amide bonds. The summed E-state index contributed by atoms with van der Waals surface area (Å²) in [6.45, 7) is 2.31. The Labute approximate surface area is 181 Å². The second kappa shape index (κ2) is 8.55. The van der Waals surface area contributed by atoms with Gasteiger partial charge in [-0.15, -0.1) is 11.8 Å². The topological polar surface area (TPSA) is 168 Å². The standard InChI is InChI=1S/C19H22N4O7S/c1-9(24)21-18(29)30-8-19(2)13(17(27)28)23-15(26)12(16(23)31-19)22-14(25)11(20)10-6-4-3-5-7-10/h3-7,11-13,16H,8,20H2,1-2H3,(H,22,25)(H,27,28)(H,21,24,29)/t11-,12-,13+,16-,19+/m1/s1. The lowest BCUT2D eigenvalue weighted by molar-refractivity contribution is -0.161. The summed E-state index contributed by atoms with van der Waals surface area (Å²) in [5.41, 5.74) is 6.54. The number of carboxylic acid groups (broad SMARTS) is 1. The molecule has 2 saturated heterocycles. The summed E-state index contributed by atoms with van der Waals surface area (Å²) >= 11 is 1.10. The van der Waals surface area contributed by atoms with Gasteiger partial charge in [0.05, 0.1) is 4.75 Å². The fraction of sp³-hybridized carbons (Fsp3) is 0.421. The molecule has 0 saturated carbocycles. The highest BCUT2D eigenvalue weighted by Gasteiger charge is 2.66. The summed E-state index contributed by atoms with van der Waals surface area (Å²) in [5.74, 6) is -3.02. The number of alkyl carbamates (subject to hydrolysis) is 1. The Morgan fingerprint density at radius 3 is 2.52 bits per heavy atom. The van der Waals surface area contributed by atoms with Crippen LogP contribution in [0, 0.1) is 0 Å². The summed E-state index contributed by atoms with van der Waals surface area (Å²) in [6.07, 6.45) is -1.02. The maximum atomic E-state index is 12.7. The molecule has 0 bridgehead atoms. The van der Waals surface area contributed by atoms with Crippen molar-refractivity contribution in [2.75, 3.05) is 6.61 Å². The molecular weight excluding hydrogens is 428 g/mol. The Balaban J connectivity index is 1.70. The minimum absolute atomic E-state index is 0.363. The molecule has 12 heteroatoms. The van der Waals surface area contributed by atoms with E-state index in [1.165, 1.54) is 6.92 Å². The Bertz CT molecular complexity index is 927. The summed E-state index contributed by atoms with van der Waals surface area (Å²) in [5, 5.41) is 13.5. The van der Waals surface area contributed by atoms with Crippen LogP contribution in [-0.2, 0) is 23.9 Å². The second-order valence-electron chi connectivity index (χ2n) is 7.44. The van der Waals surface area contributed by atoms with Crippen molar-refractivity contribution in [2.45, 2.75) is 42.1 Å². The van der Waals surface area contributed by atoms with Crippen molar-refractivity contribution >= 4 is 41.5 Å². The number of hydrogen-bond donors (Lipinski definition) is 4. The number of carboxylic acids is 1. The van der Waals surface area contributed by atoms with Crippen LogP contribution in [0.15, 0.2) is 30.3 Å². The van der Waals surface area contributed by atoms with Crippen molar-refractivity contribution in [3.63, 3.8) is 0 Å². The number of β-lactam (4-membered cyclic amide) rings is 1. The molecule has 0 unspecified atom stereocenters. The van der Waals surface area contributed by atoms with Crippen molar-refractivity contribution in [1.82, 2.24) is 15.5 Å². The largest absolute Gasteiger partial charge is 0.480 e. The van der Waals surface area contributed by atoms with Crippen LogP contribution < -0.4 is 16.4 Å². The Hall–Kier alpha value is -3.12. The zero-order valence-corrected chi connectivity index (χ0v) is 17.5. The molecule has 31 heavy (non-hydrogen) atoms. The van der Waals surface area contributed by atoms with Gasteiger partial charge in [0.15, 0.2) is 0 Å². The van der Waals surface area contributed by atoms with E-state index in [9.17, 15) is 29.1 Å². The number of amides is 4. The van der Waals surface area contributed by atoms with E-state index >= 15 is 0 Å². The first-order valence-electron chi connectivity index (χ1n) is 9.33. The van der Waals surface area contributed by atoms with Gasteiger partial charge in [-0.05, 0) is 12.5 Å². The van der Waals surface area contributed by atoms with E-state index in [1.807, 2.05) is 5.32 Å². The molecular formula is C19H22N4O7S. The third-order valence-corrected chi connectivity index (χ3v) is 6.69. The van der Waals surface area contributed by atoms with E-state index in [-0.39, 0.29) is 6.61 Å². The normalized spacial score (nSPS) is 27.5. The van der Waals surface area contributed by atoms with E-state index in [0.29, 0.717) is 5.56 Å². The summed E-state index contributed by atoms with van der Waals surface area (Å²) < 4.78 is 3.80. The average molecular weight is 450 g/mol. The molecule has 0 radical (unpaired) electrons. The third kappa shape index (κ3) is 4.35. The number of imide groups is 1. The third-order valence-electron chi connectivity index (χ3n) is 5.07. The van der Waals surface area contributed by atoms with Gasteiger partial charge in [0.2, 0.25) is 17.7 Å². The maximum Gasteiger partial charge on any atom is 0.413 e. The van der Waals surface area contributed by atoms with Gasteiger partial charge in [0.1, 0.15) is 30.1 Å². The SMILES string of the molecule is CC(=O)NC(=O)OC[C@]1(C)S[C@@H]2[C@H](NC(=O)[C@H](N)c3ccccc3)C(=O)N2[C@H]1C(=O)O. The van der Waals surface area contributed by atoms with Gasteiger partial charge in [-0.2, -0.15) is 0 Å². The van der Waals surface area contributed by atoms with Crippen LogP contribution in [0.4, 0.5) is 4.79 Å². The molecule has 1 aromatic rings. The summed E-state index contributed by atoms with van der Waals surface area (Å²) in [6, 6.07) is 5.39. The zero-order valence-electron chi connectivity index (χ0n) is 16.7. The molecule has 3 rings (SSSR count). The van der Waals surface area contributed by atoms with Crippen LogP contribution in [0.3, 0.4) is 0 Å². The van der Waals surface area contributed by atoms with Crippen LogP contribution in [-0.4, -0.2) is 68.6 Å². The van der Waals surface area contributed by atoms with E-state index in [4.69, 9.17) is 10.5 Å². The molecule has 2 heterocycles. The predicted molar refractivity (Wildman–Crippen MR) is 109 cm³/mol. The number of nitrogens with one attached hydrogen (secondary N) is 2. The van der Waals surface area contributed by atoms with E-state index < -0.39 is 58.0 Å². The molecule has 2 fully saturated rings. The number of thioether (sulfide) groups is 1. The highest BCUT2D eigenvalue weighted by atomic mass is 32.2. The van der Waals surface area contributed by atoms with Crippen LogP contribution in [0.25, 0.3) is 0 Å². The predicted octanol–water partition coefficient (Wildman–Crippen LogP) is -0.429. The molecule has 166 valence electrons.